The highest BCUT2D eigenvalue weighted by molar-refractivity contribution is 7.80. The van der Waals surface area contributed by atoms with Crippen LogP contribution in [-0.2, 0) is 0 Å². The van der Waals surface area contributed by atoms with Crippen LogP contribution in [0.5, 0.6) is 5.75 Å². The van der Waals surface area contributed by atoms with Crippen LogP contribution in [0.4, 0.5) is 0 Å². The number of hydrogen-bond acceptors (Lipinski definition) is 2. The highest BCUT2D eigenvalue weighted by Crippen LogP contribution is 2.25. The van der Waals surface area contributed by atoms with Crippen LogP contribution >= 0.6 is 12.2 Å². The normalized spacial score (nSPS) is 11.7. The van der Waals surface area contributed by atoms with E-state index in [2.05, 4.69) is 61.6 Å². The van der Waals surface area contributed by atoms with Crippen molar-refractivity contribution in [1.29, 1.82) is 0 Å². The molecule has 0 aliphatic carbocycles. The minimum atomic E-state index is 0.605. The zero-order valence-electron chi connectivity index (χ0n) is 15.8. The molecule has 2 aromatic carbocycles. The average Bonchev–Trinajstić information content (AvgIpc) is 2.65. The van der Waals surface area contributed by atoms with Gasteiger partial charge < -0.3 is 10.1 Å². The van der Waals surface area contributed by atoms with Crippen LogP contribution < -0.4 is 10.1 Å². The minimum absolute atomic E-state index is 0.605. The molecule has 2 rings (SSSR count). The predicted octanol–water partition coefficient (Wildman–Crippen LogP) is 6.07. The molecule has 0 aliphatic rings. The molecule has 0 unspecified atom stereocenters. The van der Waals surface area contributed by atoms with Crippen molar-refractivity contribution in [1.82, 2.24) is 5.32 Å². The lowest BCUT2D eigenvalue weighted by Crippen LogP contribution is -2.23. The zero-order chi connectivity index (χ0) is 18.6. The van der Waals surface area contributed by atoms with Gasteiger partial charge in [-0.15, -0.1) is 0 Å². The summed E-state index contributed by atoms with van der Waals surface area (Å²) in [4.78, 5) is 0.798. The SMILES string of the molecule is CC(C)CNC(=S)/C=C/C=C/CCCCOc1cccc2ccccc12. The van der Waals surface area contributed by atoms with E-state index in [0.717, 1.165) is 43.2 Å². The molecule has 138 valence electrons. The molecule has 0 bridgehead atoms. The molecule has 0 heterocycles. The number of allylic oxidation sites excluding steroid dienone is 3. The Balaban J connectivity index is 1.61. The van der Waals surface area contributed by atoms with Gasteiger partial charge in [0, 0.05) is 11.9 Å². The molecule has 0 atom stereocenters. The van der Waals surface area contributed by atoms with Crippen LogP contribution in [-0.4, -0.2) is 18.1 Å². The summed E-state index contributed by atoms with van der Waals surface area (Å²) < 4.78 is 5.96. The summed E-state index contributed by atoms with van der Waals surface area (Å²) in [6.07, 6.45) is 11.4. The third kappa shape index (κ3) is 7.40. The molecular weight excluding hydrogens is 338 g/mol. The first-order valence-corrected chi connectivity index (χ1v) is 9.79. The van der Waals surface area contributed by atoms with E-state index in [0.29, 0.717) is 5.92 Å². The minimum Gasteiger partial charge on any atom is -0.493 e. The molecule has 2 aromatic rings. The third-order valence-corrected chi connectivity index (χ3v) is 4.23. The largest absolute Gasteiger partial charge is 0.493 e. The number of rotatable bonds is 10. The van der Waals surface area contributed by atoms with Crippen LogP contribution in [0.15, 0.2) is 66.8 Å². The molecule has 0 aromatic heterocycles. The lowest BCUT2D eigenvalue weighted by atomic mass is 10.1. The molecule has 0 aliphatic heterocycles. The molecule has 0 spiro atoms. The van der Waals surface area contributed by atoms with E-state index in [-0.39, 0.29) is 0 Å². The van der Waals surface area contributed by atoms with Gasteiger partial charge >= 0.3 is 0 Å². The van der Waals surface area contributed by atoms with Crippen molar-refractivity contribution in [3.63, 3.8) is 0 Å². The third-order valence-electron chi connectivity index (χ3n) is 3.95. The predicted molar refractivity (Wildman–Crippen MR) is 117 cm³/mol. The van der Waals surface area contributed by atoms with Crippen LogP contribution in [0, 0.1) is 5.92 Å². The number of unbranched alkanes of at least 4 members (excludes halogenated alkanes) is 2. The van der Waals surface area contributed by atoms with Gasteiger partial charge in [0.2, 0.25) is 0 Å². The molecule has 0 fully saturated rings. The van der Waals surface area contributed by atoms with Crippen molar-refractivity contribution in [3.05, 3.63) is 66.8 Å². The number of hydrogen-bond donors (Lipinski definition) is 1. The maximum Gasteiger partial charge on any atom is 0.127 e. The van der Waals surface area contributed by atoms with Gasteiger partial charge in [0.25, 0.3) is 0 Å². The number of fused-ring (bicyclic) bond motifs is 1. The smallest absolute Gasteiger partial charge is 0.127 e. The van der Waals surface area contributed by atoms with E-state index < -0.39 is 0 Å². The van der Waals surface area contributed by atoms with E-state index in [1.165, 1.54) is 10.8 Å². The summed E-state index contributed by atoms with van der Waals surface area (Å²) >= 11 is 5.24. The van der Waals surface area contributed by atoms with Gasteiger partial charge in [-0.1, -0.05) is 80.7 Å². The molecular formula is C23H29NOS. The van der Waals surface area contributed by atoms with E-state index in [9.17, 15) is 0 Å². The van der Waals surface area contributed by atoms with Gasteiger partial charge in [0.1, 0.15) is 5.75 Å². The van der Waals surface area contributed by atoms with Crippen LogP contribution in [0.1, 0.15) is 33.1 Å². The van der Waals surface area contributed by atoms with Crippen LogP contribution in [0.25, 0.3) is 10.8 Å². The van der Waals surface area contributed by atoms with E-state index in [1.54, 1.807) is 0 Å². The second-order valence-corrected chi connectivity index (χ2v) is 7.19. The van der Waals surface area contributed by atoms with Gasteiger partial charge in [-0.2, -0.15) is 0 Å². The van der Waals surface area contributed by atoms with E-state index in [4.69, 9.17) is 17.0 Å². The van der Waals surface area contributed by atoms with Crippen LogP contribution in [0.2, 0.25) is 0 Å². The Morgan fingerprint density at radius 3 is 2.73 bits per heavy atom. The van der Waals surface area contributed by atoms with Gasteiger partial charge in [-0.25, -0.2) is 0 Å². The monoisotopic (exact) mass is 367 g/mol. The van der Waals surface area contributed by atoms with Crippen molar-refractivity contribution in [2.75, 3.05) is 13.2 Å². The fourth-order valence-electron chi connectivity index (χ4n) is 2.55. The van der Waals surface area contributed by atoms with Gasteiger partial charge in [-0.3, -0.25) is 0 Å². The molecule has 1 N–H and O–H groups in total. The number of nitrogens with one attached hydrogen (secondary N) is 1. The summed E-state index contributed by atoms with van der Waals surface area (Å²) in [7, 11) is 0. The van der Waals surface area contributed by atoms with Crippen molar-refractivity contribution in [2.24, 2.45) is 5.92 Å². The Bertz CT molecular complexity index is 743. The zero-order valence-corrected chi connectivity index (χ0v) is 16.6. The van der Waals surface area contributed by atoms with Gasteiger partial charge in [0.15, 0.2) is 0 Å². The maximum atomic E-state index is 5.96. The van der Waals surface area contributed by atoms with Crippen LogP contribution in [0.3, 0.4) is 0 Å². The molecule has 2 nitrogen and oxygen atoms in total. The Morgan fingerprint density at radius 2 is 1.88 bits per heavy atom. The molecule has 26 heavy (non-hydrogen) atoms. The highest BCUT2D eigenvalue weighted by atomic mass is 32.1. The number of ether oxygens (including phenoxy) is 1. The summed E-state index contributed by atoms with van der Waals surface area (Å²) in [5.74, 6) is 1.58. The first-order chi connectivity index (χ1) is 12.7. The molecule has 0 amide bonds. The van der Waals surface area contributed by atoms with Gasteiger partial charge in [0.05, 0.1) is 11.6 Å². The lowest BCUT2D eigenvalue weighted by Gasteiger charge is -2.08. The van der Waals surface area contributed by atoms with Crippen molar-refractivity contribution < 1.29 is 4.74 Å². The van der Waals surface area contributed by atoms with Crippen molar-refractivity contribution in [3.8, 4) is 5.75 Å². The lowest BCUT2D eigenvalue weighted by molar-refractivity contribution is 0.311. The van der Waals surface area contributed by atoms with Gasteiger partial charge in [-0.05, 0) is 42.7 Å². The fraction of sp³-hybridized carbons (Fsp3) is 0.348. The highest BCUT2D eigenvalue weighted by Gasteiger charge is 2.00. The Kier molecular flexibility index (Phi) is 8.91. The summed E-state index contributed by atoms with van der Waals surface area (Å²) in [6, 6.07) is 14.5. The Labute approximate surface area is 163 Å². The summed E-state index contributed by atoms with van der Waals surface area (Å²) in [6.45, 7) is 6.01. The van der Waals surface area contributed by atoms with Crippen molar-refractivity contribution >= 4 is 28.0 Å². The topological polar surface area (TPSA) is 21.3 Å². The molecule has 3 heteroatoms. The maximum absolute atomic E-state index is 5.96. The van der Waals surface area contributed by atoms with E-state index >= 15 is 0 Å². The second-order valence-electron chi connectivity index (χ2n) is 6.75. The van der Waals surface area contributed by atoms with Crippen molar-refractivity contribution in [2.45, 2.75) is 33.1 Å². The first-order valence-electron chi connectivity index (χ1n) is 9.38. The molecule has 0 saturated heterocycles. The number of benzene rings is 2. The Hall–Kier alpha value is -2.13. The number of thiocarbonyl (C=S) groups is 1. The average molecular weight is 368 g/mol. The van der Waals surface area contributed by atoms with E-state index in [1.807, 2.05) is 24.3 Å². The quantitative estimate of drug-likeness (QED) is 0.238. The fourth-order valence-corrected chi connectivity index (χ4v) is 2.71. The Morgan fingerprint density at radius 1 is 1.08 bits per heavy atom. The first kappa shape index (κ1) is 20.2. The second kappa shape index (κ2) is 11.5. The standard InChI is InChI=1S/C23H29NOS/c1-19(2)18-24-23(26)16-7-5-3-4-6-10-17-25-22-15-11-13-20-12-8-9-14-21(20)22/h3,5,7-9,11-16,19H,4,6,10,17-18H2,1-2H3,(H,24,26)/b5-3+,16-7+. The molecule has 0 saturated carbocycles. The summed E-state index contributed by atoms with van der Waals surface area (Å²) in [5.41, 5.74) is 0. The summed E-state index contributed by atoms with van der Waals surface area (Å²) in [5, 5.41) is 5.63. The molecule has 0 radical (unpaired) electrons.